The lowest BCUT2D eigenvalue weighted by molar-refractivity contribution is -0.885. The predicted molar refractivity (Wildman–Crippen MR) is 69.4 cm³/mol. The van der Waals surface area contributed by atoms with E-state index in [0.29, 0.717) is 37.6 Å². The van der Waals surface area contributed by atoms with E-state index in [1.54, 1.807) is 24.3 Å². The van der Waals surface area contributed by atoms with Crippen LogP contribution in [-0.2, 0) is 0 Å². The van der Waals surface area contributed by atoms with E-state index in [1.165, 1.54) is 6.42 Å². The molecule has 4 nitrogen and oxygen atoms in total. The van der Waals surface area contributed by atoms with Gasteiger partial charge in [0.05, 0.1) is 13.1 Å². The minimum atomic E-state index is -0.119. The molecule has 98 valence electrons. The molecular formula is C14H19NO3. The van der Waals surface area contributed by atoms with Crippen LogP contribution in [0.3, 0.4) is 0 Å². The van der Waals surface area contributed by atoms with Gasteiger partial charge in [0, 0.05) is 5.56 Å². The zero-order valence-corrected chi connectivity index (χ0v) is 10.5. The van der Waals surface area contributed by atoms with Crippen molar-refractivity contribution < 1.29 is 14.2 Å². The van der Waals surface area contributed by atoms with Crippen molar-refractivity contribution >= 4 is 6.29 Å². The number of hydrogen-bond donors (Lipinski definition) is 0. The average Bonchev–Trinajstić information content (AvgIpc) is 2.40. The van der Waals surface area contributed by atoms with Gasteiger partial charge in [0.1, 0.15) is 25.2 Å². The highest BCUT2D eigenvalue weighted by Crippen LogP contribution is 2.17. The fraction of sp³-hybridized carbons (Fsp3) is 0.500. The van der Waals surface area contributed by atoms with Crippen molar-refractivity contribution in [2.45, 2.75) is 19.3 Å². The second kappa shape index (κ2) is 5.98. The van der Waals surface area contributed by atoms with E-state index in [2.05, 4.69) is 0 Å². The van der Waals surface area contributed by atoms with Gasteiger partial charge in [-0.2, -0.15) is 0 Å². The molecule has 0 aromatic heterocycles. The molecule has 1 saturated heterocycles. The first kappa shape index (κ1) is 13.1. The summed E-state index contributed by atoms with van der Waals surface area (Å²) in [6.45, 7) is 2.38. The molecule has 0 amide bonds. The first-order chi connectivity index (χ1) is 8.72. The molecule has 4 heteroatoms. The highest BCUT2D eigenvalue weighted by molar-refractivity contribution is 5.74. The third-order valence-corrected chi connectivity index (χ3v) is 3.41. The minimum Gasteiger partial charge on any atom is -0.633 e. The second-order valence-corrected chi connectivity index (χ2v) is 4.82. The van der Waals surface area contributed by atoms with Crippen LogP contribution in [0.25, 0.3) is 0 Å². The third-order valence-electron chi connectivity index (χ3n) is 3.41. The van der Waals surface area contributed by atoms with Gasteiger partial charge >= 0.3 is 0 Å². The van der Waals surface area contributed by atoms with E-state index in [-0.39, 0.29) is 4.65 Å². The molecule has 0 radical (unpaired) electrons. The zero-order chi connectivity index (χ0) is 12.8. The number of hydrogen-bond acceptors (Lipinski definition) is 3. The van der Waals surface area contributed by atoms with Crippen LogP contribution in [0.15, 0.2) is 24.3 Å². The molecule has 0 saturated carbocycles. The summed E-state index contributed by atoms with van der Waals surface area (Å²) >= 11 is 0. The van der Waals surface area contributed by atoms with Crippen LogP contribution in [0.1, 0.15) is 29.6 Å². The summed E-state index contributed by atoms with van der Waals surface area (Å²) < 4.78 is 5.42. The molecule has 1 aromatic carbocycles. The summed E-state index contributed by atoms with van der Waals surface area (Å²) in [7, 11) is 0. The molecule has 1 aromatic rings. The maximum Gasteiger partial charge on any atom is 0.150 e. The van der Waals surface area contributed by atoms with Crippen molar-refractivity contribution in [3.8, 4) is 5.75 Å². The van der Waals surface area contributed by atoms with E-state index in [4.69, 9.17) is 4.74 Å². The van der Waals surface area contributed by atoms with Gasteiger partial charge in [-0.3, -0.25) is 4.79 Å². The predicted octanol–water partition coefficient (Wildman–Crippen LogP) is 2.38. The SMILES string of the molecule is O=Cc1ccc(OCC[N+]2([O-])CCCCC2)cc1. The second-order valence-electron chi connectivity index (χ2n) is 4.82. The van der Waals surface area contributed by atoms with Gasteiger partial charge in [0.25, 0.3) is 0 Å². The Kier molecular flexibility index (Phi) is 4.33. The maximum atomic E-state index is 12.2. The number of nitrogens with zero attached hydrogens (tertiary/aromatic N) is 1. The summed E-state index contributed by atoms with van der Waals surface area (Å²) in [6.07, 6.45) is 4.03. The van der Waals surface area contributed by atoms with E-state index >= 15 is 0 Å². The highest BCUT2D eigenvalue weighted by atomic mass is 16.6. The molecule has 0 spiro atoms. The van der Waals surface area contributed by atoms with Crippen LogP contribution in [0, 0.1) is 5.21 Å². The van der Waals surface area contributed by atoms with Crippen molar-refractivity contribution in [1.82, 2.24) is 0 Å². The van der Waals surface area contributed by atoms with Gasteiger partial charge in [-0.15, -0.1) is 0 Å². The first-order valence-corrected chi connectivity index (χ1v) is 6.47. The van der Waals surface area contributed by atoms with Crippen LogP contribution in [-0.4, -0.2) is 37.2 Å². The summed E-state index contributed by atoms with van der Waals surface area (Å²) in [5, 5.41) is 12.2. The van der Waals surface area contributed by atoms with Crippen molar-refractivity contribution in [1.29, 1.82) is 0 Å². The number of quaternary nitrogens is 1. The van der Waals surface area contributed by atoms with Gasteiger partial charge < -0.3 is 14.6 Å². The Morgan fingerprint density at radius 3 is 2.44 bits per heavy atom. The summed E-state index contributed by atoms with van der Waals surface area (Å²) in [5.41, 5.74) is 0.630. The molecule has 18 heavy (non-hydrogen) atoms. The number of aldehydes is 1. The number of piperidine rings is 1. The molecule has 0 bridgehead atoms. The van der Waals surface area contributed by atoms with Gasteiger partial charge in [-0.1, -0.05) is 0 Å². The van der Waals surface area contributed by atoms with E-state index in [9.17, 15) is 10.0 Å². The number of carbonyl (C=O) groups is 1. The first-order valence-electron chi connectivity index (χ1n) is 6.47. The number of benzene rings is 1. The van der Waals surface area contributed by atoms with Crippen molar-refractivity contribution in [2.24, 2.45) is 0 Å². The summed E-state index contributed by atoms with van der Waals surface area (Å²) in [5.74, 6) is 0.712. The van der Waals surface area contributed by atoms with E-state index < -0.39 is 0 Å². The number of likely N-dealkylation sites (tertiary alicyclic amines) is 1. The molecule has 0 aliphatic carbocycles. The Hall–Kier alpha value is -1.39. The minimum absolute atomic E-state index is 0.119. The standard InChI is InChI=1S/C14H19NO3/c16-12-13-4-6-14(7-5-13)18-11-10-15(17)8-2-1-3-9-15/h4-7,12H,1-3,8-11H2. The normalized spacial score (nSPS) is 18.3. The number of carbonyl (C=O) groups excluding carboxylic acids is 1. The molecule has 1 aliphatic rings. The Bertz CT molecular complexity index is 383. The fourth-order valence-corrected chi connectivity index (χ4v) is 2.28. The zero-order valence-electron chi connectivity index (χ0n) is 10.5. The molecule has 1 fully saturated rings. The highest BCUT2D eigenvalue weighted by Gasteiger charge is 2.20. The number of hydroxylamine groups is 3. The van der Waals surface area contributed by atoms with E-state index in [1.807, 2.05) is 0 Å². The number of ether oxygens (including phenoxy) is 1. The van der Waals surface area contributed by atoms with Crippen LogP contribution in [0.2, 0.25) is 0 Å². The molecule has 0 atom stereocenters. The monoisotopic (exact) mass is 249 g/mol. The van der Waals surface area contributed by atoms with Gasteiger partial charge in [-0.25, -0.2) is 0 Å². The fourth-order valence-electron chi connectivity index (χ4n) is 2.28. The van der Waals surface area contributed by atoms with Gasteiger partial charge in [-0.05, 0) is 43.5 Å². The van der Waals surface area contributed by atoms with Crippen LogP contribution < -0.4 is 4.74 Å². The van der Waals surface area contributed by atoms with Gasteiger partial charge in [0.2, 0.25) is 0 Å². The number of rotatable bonds is 5. The van der Waals surface area contributed by atoms with Crippen molar-refractivity contribution in [3.05, 3.63) is 35.0 Å². The molecule has 1 aliphatic heterocycles. The topological polar surface area (TPSA) is 49.4 Å². The molecule has 2 rings (SSSR count). The molecule has 0 unspecified atom stereocenters. The summed E-state index contributed by atoms with van der Waals surface area (Å²) in [6, 6.07) is 6.94. The maximum absolute atomic E-state index is 12.2. The van der Waals surface area contributed by atoms with Crippen LogP contribution in [0.5, 0.6) is 5.75 Å². The largest absolute Gasteiger partial charge is 0.633 e. The Labute approximate surface area is 107 Å². The van der Waals surface area contributed by atoms with Crippen LogP contribution >= 0.6 is 0 Å². The molecule has 1 heterocycles. The Morgan fingerprint density at radius 2 is 1.83 bits per heavy atom. The van der Waals surface area contributed by atoms with Crippen molar-refractivity contribution in [2.75, 3.05) is 26.2 Å². The molecular weight excluding hydrogens is 230 g/mol. The quantitative estimate of drug-likeness (QED) is 0.457. The molecule has 0 N–H and O–H groups in total. The Balaban J connectivity index is 1.78. The van der Waals surface area contributed by atoms with Gasteiger partial charge in [0.15, 0.2) is 0 Å². The average molecular weight is 249 g/mol. The lowest BCUT2D eigenvalue weighted by atomic mass is 10.1. The van der Waals surface area contributed by atoms with E-state index in [0.717, 1.165) is 19.1 Å². The third kappa shape index (κ3) is 3.55. The van der Waals surface area contributed by atoms with Crippen molar-refractivity contribution in [3.63, 3.8) is 0 Å². The van der Waals surface area contributed by atoms with Crippen LogP contribution in [0.4, 0.5) is 0 Å². The summed E-state index contributed by atoms with van der Waals surface area (Å²) in [4.78, 5) is 10.5. The Morgan fingerprint density at radius 1 is 1.17 bits per heavy atom. The lowest BCUT2D eigenvalue weighted by Crippen LogP contribution is -2.48. The lowest BCUT2D eigenvalue weighted by Gasteiger charge is -2.45. The smallest absolute Gasteiger partial charge is 0.150 e.